The number of ether oxygens (including phenoxy) is 2. The quantitative estimate of drug-likeness (QED) is 0.512. The number of H-pyrrole nitrogens is 1. The molecule has 1 heterocycles. The molecule has 3 rings (SSSR count). The molecule has 1 N–H and O–H groups in total. The monoisotopic (exact) mass is 464 g/mol. The van der Waals surface area contributed by atoms with Crippen LogP contribution in [-0.4, -0.2) is 36.4 Å². The minimum Gasteiger partial charge on any atom is -0.490 e. The summed E-state index contributed by atoms with van der Waals surface area (Å²) >= 11 is 0. The van der Waals surface area contributed by atoms with Crippen LogP contribution in [0.25, 0.3) is 0 Å². The zero-order chi connectivity index (χ0) is 23.2. The molecule has 176 valence electrons. The Morgan fingerprint density at radius 2 is 1.91 bits per heavy atom. The molecule has 0 aliphatic heterocycles. The van der Waals surface area contributed by atoms with E-state index in [1.54, 1.807) is 18.2 Å². The molecule has 0 amide bonds. The third-order valence-electron chi connectivity index (χ3n) is 5.62. The van der Waals surface area contributed by atoms with E-state index in [2.05, 4.69) is 4.98 Å². The molecule has 0 radical (unpaired) electrons. The Bertz CT molecular complexity index is 1110. The van der Waals surface area contributed by atoms with Gasteiger partial charge in [0.1, 0.15) is 12.5 Å². The van der Waals surface area contributed by atoms with Gasteiger partial charge < -0.3 is 9.47 Å². The van der Waals surface area contributed by atoms with Crippen LogP contribution in [0.15, 0.2) is 51.0 Å². The molecular formula is C23H32N2O6S. The number of aromatic nitrogens is 2. The molecule has 0 unspecified atom stereocenters. The highest BCUT2D eigenvalue weighted by Crippen LogP contribution is 2.30. The normalized spacial score (nSPS) is 15.2. The molecule has 0 atom stereocenters. The summed E-state index contributed by atoms with van der Waals surface area (Å²) in [6, 6.07) is 8.06. The zero-order valence-corrected chi connectivity index (χ0v) is 19.5. The van der Waals surface area contributed by atoms with Crippen molar-refractivity contribution in [1.29, 1.82) is 0 Å². The first-order valence-corrected chi connectivity index (χ1v) is 12.7. The lowest BCUT2D eigenvalue weighted by atomic mass is 9.90. The predicted octanol–water partition coefficient (Wildman–Crippen LogP) is 3.11. The number of nitrogens with zero attached hydrogens (tertiary/aromatic N) is 1. The largest absolute Gasteiger partial charge is 0.490 e. The van der Waals surface area contributed by atoms with Crippen molar-refractivity contribution in [3.8, 4) is 5.75 Å². The van der Waals surface area contributed by atoms with Crippen molar-refractivity contribution >= 4 is 9.84 Å². The SMILES string of the molecule is CC(C)(CCCOCn1ccc(=O)[nH]c1=O)CS(=O)(=O)c1cccc(OC2CCCC2)c1. The van der Waals surface area contributed by atoms with E-state index in [1.165, 1.54) is 16.8 Å². The Morgan fingerprint density at radius 1 is 1.16 bits per heavy atom. The first-order chi connectivity index (χ1) is 15.1. The fraction of sp³-hybridized carbons (Fsp3) is 0.565. The lowest BCUT2D eigenvalue weighted by Gasteiger charge is -2.24. The van der Waals surface area contributed by atoms with Crippen LogP contribution >= 0.6 is 0 Å². The minimum atomic E-state index is -3.47. The van der Waals surface area contributed by atoms with Gasteiger partial charge in [-0.3, -0.25) is 14.3 Å². The van der Waals surface area contributed by atoms with Gasteiger partial charge in [-0.15, -0.1) is 0 Å². The van der Waals surface area contributed by atoms with Gasteiger partial charge in [0.15, 0.2) is 9.84 Å². The van der Waals surface area contributed by atoms with Gasteiger partial charge in [0.05, 0.1) is 16.8 Å². The molecule has 0 spiro atoms. The number of rotatable bonds is 11. The molecule has 1 fully saturated rings. The number of hydrogen-bond acceptors (Lipinski definition) is 6. The Labute approximate surface area is 188 Å². The van der Waals surface area contributed by atoms with E-state index in [1.807, 2.05) is 19.9 Å². The second-order valence-electron chi connectivity index (χ2n) is 9.14. The molecule has 1 saturated carbocycles. The maximum absolute atomic E-state index is 13.0. The Morgan fingerprint density at radius 3 is 2.62 bits per heavy atom. The first kappa shape index (κ1) is 24.3. The standard InChI is InChI=1S/C23H32N2O6S/c1-23(2,12-6-14-30-17-25-13-11-21(26)24-22(25)27)16-32(28,29)20-10-5-9-19(15-20)31-18-7-3-4-8-18/h5,9-11,13,15,18H,3-4,6-8,12,14,16-17H2,1-2H3,(H,24,26,27). The van der Waals surface area contributed by atoms with E-state index in [0.717, 1.165) is 25.7 Å². The van der Waals surface area contributed by atoms with Crippen molar-refractivity contribution in [2.75, 3.05) is 12.4 Å². The lowest BCUT2D eigenvalue weighted by Crippen LogP contribution is -2.29. The van der Waals surface area contributed by atoms with Gasteiger partial charge in [-0.2, -0.15) is 0 Å². The van der Waals surface area contributed by atoms with Gasteiger partial charge in [0.25, 0.3) is 5.56 Å². The number of sulfone groups is 1. The molecule has 32 heavy (non-hydrogen) atoms. The average molecular weight is 465 g/mol. The second kappa shape index (κ2) is 10.5. The topological polar surface area (TPSA) is 107 Å². The van der Waals surface area contributed by atoms with Gasteiger partial charge in [0, 0.05) is 18.9 Å². The van der Waals surface area contributed by atoms with Crippen molar-refractivity contribution in [2.24, 2.45) is 5.41 Å². The third kappa shape index (κ3) is 7.06. The van der Waals surface area contributed by atoms with Crippen LogP contribution in [0.2, 0.25) is 0 Å². The molecule has 8 nitrogen and oxygen atoms in total. The molecule has 9 heteroatoms. The average Bonchev–Trinajstić information content (AvgIpc) is 3.21. The van der Waals surface area contributed by atoms with Crippen LogP contribution in [0.1, 0.15) is 52.4 Å². The van der Waals surface area contributed by atoms with Crippen molar-refractivity contribution in [1.82, 2.24) is 9.55 Å². The molecule has 0 bridgehead atoms. The van der Waals surface area contributed by atoms with Crippen molar-refractivity contribution in [3.63, 3.8) is 0 Å². The van der Waals surface area contributed by atoms with Crippen molar-refractivity contribution in [3.05, 3.63) is 57.4 Å². The Hall–Kier alpha value is -2.39. The fourth-order valence-electron chi connectivity index (χ4n) is 3.97. The van der Waals surface area contributed by atoms with E-state index >= 15 is 0 Å². The van der Waals surface area contributed by atoms with E-state index in [0.29, 0.717) is 25.2 Å². The van der Waals surface area contributed by atoms with Crippen LogP contribution < -0.4 is 16.0 Å². The molecule has 2 aromatic rings. The highest BCUT2D eigenvalue weighted by atomic mass is 32.2. The fourth-order valence-corrected chi connectivity index (χ4v) is 5.89. The van der Waals surface area contributed by atoms with E-state index in [-0.39, 0.29) is 23.5 Å². The maximum Gasteiger partial charge on any atom is 0.330 e. The summed E-state index contributed by atoms with van der Waals surface area (Å²) < 4.78 is 38.8. The van der Waals surface area contributed by atoms with Gasteiger partial charge in [-0.25, -0.2) is 13.2 Å². The van der Waals surface area contributed by atoms with Crippen LogP contribution in [0.5, 0.6) is 5.75 Å². The van der Waals surface area contributed by atoms with Crippen molar-refractivity contribution in [2.45, 2.75) is 70.1 Å². The summed E-state index contributed by atoms with van der Waals surface area (Å²) in [5.74, 6) is 0.633. The summed E-state index contributed by atoms with van der Waals surface area (Å²) in [6.07, 6.45) is 7.19. The molecule has 1 aromatic heterocycles. The summed E-state index contributed by atoms with van der Waals surface area (Å²) in [7, 11) is -3.47. The molecule has 1 aromatic carbocycles. The van der Waals surface area contributed by atoms with Gasteiger partial charge >= 0.3 is 5.69 Å². The lowest BCUT2D eigenvalue weighted by molar-refractivity contribution is 0.0663. The summed E-state index contributed by atoms with van der Waals surface area (Å²) in [4.78, 5) is 25.2. The Balaban J connectivity index is 1.49. The minimum absolute atomic E-state index is 0.0201. The highest BCUT2D eigenvalue weighted by Gasteiger charge is 2.28. The van der Waals surface area contributed by atoms with Gasteiger partial charge in [0.2, 0.25) is 0 Å². The molecule has 1 aliphatic carbocycles. The molecule has 1 aliphatic rings. The predicted molar refractivity (Wildman–Crippen MR) is 122 cm³/mol. The van der Waals surface area contributed by atoms with Crippen molar-refractivity contribution < 1.29 is 17.9 Å². The van der Waals surface area contributed by atoms with Crippen LogP contribution in [-0.2, 0) is 21.3 Å². The summed E-state index contributed by atoms with van der Waals surface area (Å²) in [5, 5.41) is 0. The van der Waals surface area contributed by atoms with Gasteiger partial charge in [-0.1, -0.05) is 19.9 Å². The maximum atomic E-state index is 13.0. The second-order valence-corrected chi connectivity index (χ2v) is 11.1. The highest BCUT2D eigenvalue weighted by molar-refractivity contribution is 7.91. The summed E-state index contributed by atoms with van der Waals surface area (Å²) in [6.45, 7) is 4.26. The number of hydrogen-bond donors (Lipinski definition) is 1. The zero-order valence-electron chi connectivity index (χ0n) is 18.7. The van der Waals surface area contributed by atoms with Gasteiger partial charge in [-0.05, 0) is 62.1 Å². The van der Waals surface area contributed by atoms with Crippen LogP contribution in [0.3, 0.4) is 0 Å². The number of nitrogens with one attached hydrogen (secondary N) is 1. The van der Waals surface area contributed by atoms with E-state index < -0.39 is 26.5 Å². The number of aromatic amines is 1. The number of benzene rings is 1. The first-order valence-electron chi connectivity index (χ1n) is 11.0. The van der Waals surface area contributed by atoms with Crippen LogP contribution in [0.4, 0.5) is 0 Å². The van der Waals surface area contributed by atoms with Crippen LogP contribution in [0, 0.1) is 5.41 Å². The summed E-state index contributed by atoms with van der Waals surface area (Å²) in [5.41, 5.74) is -1.42. The molecule has 0 saturated heterocycles. The van der Waals surface area contributed by atoms with E-state index in [4.69, 9.17) is 9.47 Å². The van der Waals surface area contributed by atoms with E-state index in [9.17, 15) is 18.0 Å². The Kier molecular flexibility index (Phi) is 7.95. The molecular weight excluding hydrogens is 432 g/mol. The smallest absolute Gasteiger partial charge is 0.330 e. The third-order valence-corrected chi connectivity index (χ3v) is 7.75.